The van der Waals surface area contributed by atoms with E-state index in [1.807, 2.05) is 30.3 Å². The molecule has 0 bridgehead atoms. The Bertz CT molecular complexity index is 745. The molecule has 0 aliphatic carbocycles. The van der Waals surface area contributed by atoms with Crippen LogP contribution >= 0.6 is 0 Å². The number of rotatable bonds is 10. The summed E-state index contributed by atoms with van der Waals surface area (Å²) in [7, 11) is 4.96. The Hall–Kier alpha value is -2.89. The van der Waals surface area contributed by atoms with Crippen molar-refractivity contribution in [2.75, 3.05) is 34.4 Å². The zero-order valence-electron chi connectivity index (χ0n) is 17.2. The number of ether oxygens (including phenoxy) is 3. The maximum absolute atomic E-state index is 5.35. The molecule has 0 aliphatic heterocycles. The Kier molecular flexibility index (Phi) is 8.98. The summed E-state index contributed by atoms with van der Waals surface area (Å²) in [6, 6.07) is 14.1. The van der Waals surface area contributed by atoms with Crippen molar-refractivity contribution >= 4 is 5.96 Å². The Morgan fingerprint density at radius 3 is 2.21 bits per heavy atom. The van der Waals surface area contributed by atoms with Crippen LogP contribution < -0.4 is 24.8 Å². The number of hydrogen-bond donors (Lipinski definition) is 2. The van der Waals surface area contributed by atoms with Crippen molar-refractivity contribution in [1.82, 2.24) is 10.6 Å². The van der Waals surface area contributed by atoms with Gasteiger partial charge in [0.2, 0.25) is 0 Å². The van der Waals surface area contributed by atoms with Crippen LogP contribution in [0.3, 0.4) is 0 Å². The van der Waals surface area contributed by atoms with Gasteiger partial charge < -0.3 is 24.8 Å². The minimum atomic E-state index is 0.564. The molecule has 0 fully saturated rings. The van der Waals surface area contributed by atoms with E-state index in [1.165, 1.54) is 5.56 Å². The quantitative estimate of drug-likeness (QED) is 0.373. The molecule has 0 aliphatic rings. The average molecular weight is 386 g/mol. The number of nitrogens with one attached hydrogen (secondary N) is 2. The molecule has 0 radical (unpaired) electrons. The number of nitrogens with zero attached hydrogens (tertiary/aromatic N) is 1. The second-order valence-electron chi connectivity index (χ2n) is 6.26. The second kappa shape index (κ2) is 11.7. The van der Waals surface area contributed by atoms with E-state index in [0.717, 1.165) is 49.0 Å². The SMILES string of the molecule is CCNC(=NCc1ccc(OC)c(OC)c1)NCCCc1ccc(OC)cc1. The van der Waals surface area contributed by atoms with E-state index in [1.54, 1.807) is 21.3 Å². The van der Waals surface area contributed by atoms with Crippen LogP contribution in [0, 0.1) is 0 Å². The van der Waals surface area contributed by atoms with Crippen LogP contribution in [0.4, 0.5) is 0 Å². The van der Waals surface area contributed by atoms with Crippen LogP contribution in [0.2, 0.25) is 0 Å². The molecule has 6 heteroatoms. The fourth-order valence-electron chi connectivity index (χ4n) is 2.78. The van der Waals surface area contributed by atoms with Gasteiger partial charge in [0.1, 0.15) is 5.75 Å². The van der Waals surface area contributed by atoms with Gasteiger partial charge in [0.25, 0.3) is 0 Å². The fraction of sp³-hybridized carbons (Fsp3) is 0.409. The molecule has 0 saturated heterocycles. The summed E-state index contributed by atoms with van der Waals surface area (Å²) >= 11 is 0. The van der Waals surface area contributed by atoms with Crippen molar-refractivity contribution in [3.05, 3.63) is 53.6 Å². The molecule has 0 atom stereocenters. The van der Waals surface area contributed by atoms with E-state index in [0.29, 0.717) is 12.3 Å². The summed E-state index contributed by atoms with van der Waals surface area (Å²) in [6.07, 6.45) is 2.03. The Morgan fingerprint density at radius 2 is 1.57 bits per heavy atom. The molecule has 0 heterocycles. The molecule has 28 heavy (non-hydrogen) atoms. The third-order valence-electron chi connectivity index (χ3n) is 4.31. The highest BCUT2D eigenvalue weighted by atomic mass is 16.5. The van der Waals surface area contributed by atoms with Crippen molar-refractivity contribution in [1.29, 1.82) is 0 Å². The van der Waals surface area contributed by atoms with E-state index >= 15 is 0 Å². The van der Waals surface area contributed by atoms with Gasteiger partial charge in [-0.15, -0.1) is 0 Å². The summed E-state index contributed by atoms with van der Waals surface area (Å²) in [5, 5.41) is 6.68. The maximum atomic E-state index is 5.35. The number of aryl methyl sites for hydroxylation is 1. The number of hydrogen-bond acceptors (Lipinski definition) is 4. The van der Waals surface area contributed by atoms with Crippen LogP contribution in [0.1, 0.15) is 24.5 Å². The molecule has 0 unspecified atom stereocenters. The zero-order chi connectivity index (χ0) is 20.2. The lowest BCUT2D eigenvalue weighted by atomic mass is 10.1. The number of benzene rings is 2. The van der Waals surface area contributed by atoms with Gasteiger partial charge in [0, 0.05) is 13.1 Å². The third kappa shape index (κ3) is 6.68. The Labute approximate surface area is 167 Å². The van der Waals surface area contributed by atoms with Crippen LogP contribution in [0.25, 0.3) is 0 Å². The van der Waals surface area contributed by atoms with Gasteiger partial charge in [-0.25, -0.2) is 4.99 Å². The van der Waals surface area contributed by atoms with Crippen molar-refractivity contribution in [3.8, 4) is 17.2 Å². The second-order valence-corrected chi connectivity index (χ2v) is 6.26. The van der Waals surface area contributed by atoms with Crippen molar-refractivity contribution in [2.24, 2.45) is 4.99 Å². The monoisotopic (exact) mass is 385 g/mol. The molecule has 0 aromatic heterocycles. The normalized spacial score (nSPS) is 11.1. The summed E-state index contributed by atoms with van der Waals surface area (Å²) in [4.78, 5) is 4.66. The molecule has 2 rings (SSSR count). The van der Waals surface area contributed by atoms with Crippen molar-refractivity contribution in [3.63, 3.8) is 0 Å². The van der Waals surface area contributed by atoms with Crippen LogP contribution in [-0.2, 0) is 13.0 Å². The standard InChI is InChI=1S/C22H31N3O3/c1-5-23-22(24-14-6-7-17-8-11-19(26-2)12-9-17)25-16-18-10-13-20(27-3)21(15-18)28-4/h8-13,15H,5-7,14,16H2,1-4H3,(H2,23,24,25). The van der Waals surface area contributed by atoms with E-state index in [-0.39, 0.29) is 0 Å². The predicted octanol–water partition coefficient (Wildman–Crippen LogP) is 3.40. The molecule has 2 aromatic rings. The van der Waals surface area contributed by atoms with Gasteiger partial charge in [0.15, 0.2) is 17.5 Å². The first-order chi connectivity index (χ1) is 13.7. The number of aliphatic imine (C=N–C) groups is 1. The van der Waals surface area contributed by atoms with Gasteiger partial charge in [-0.3, -0.25) is 0 Å². The Morgan fingerprint density at radius 1 is 0.857 bits per heavy atom. The highest BCUT2D eigenvalue weighted by molar-refractivity contribution is 5.79. The van der Waals surface area contributed by atoms with E-state index < -0.39 is 0 Å². The van der Waals surface area contributed by atoms with E-state index in [9.17, 15) is 0 Å². The van der Waals surface area contributed by atoms with Gasteiger partial charge in [-0.1, -0.05) is 18.2 Å². The maximum Gasteiger partial charge on any atom is 0.191 e. The van der Waals surface area contributed by atoms with Crippen LogP contribution in [0.15, 0.2) is 47.5 Å². The molecule has 152 valence electrons. The number of guanidine groups is 1. The lowest BCUT2D eigenvalue weighted by Crippen LogP contribution is -2.37. The van der Waals surface area contributed by atoms with Crippen LogP contribution in [-0.4, -0.2) is 40.4 Å². The average Bonchev–Trinajstić information content (AvgIpc) is 2.75. The van der Waals surface area contributed by atoms with E-state index in [2.05, 4.69) is 34.7 Å². The van der Waals surface area contributed by atoms with Gasteiger partial charge >= 0.3 is 0 Å². The lowest BCUT2D eigenvalue weighted by molar-refractivity contribution is 0.354. The molecule has 0 amide bonds. The topological polar surface area (TPSA) is 64.1 Å². The predicted molar refractivity (Wildman–Crippen MR) is 114 cm³/mol. The molecule has 0 spiro atoms. The first kappa shape index (κ1) is 21.4. The summed E-state index contributed by atoms with van der Waals surface area (Å²) in [5.41, 5.74) is 2.36. The summed E-state index contributed by atoms with van der Waals surface area (Å²) in [5.74, 6) is 3.14. The van der Waals surface area contributed by atoms with Gasteiger partial charge in [0.05, 0.1) is 27.9 Å². The highest BCUT2D eigenvalue weighted by Gasteiger charge is 2.05. The third-order valence-corrected chi connectivity index (χ3v) is 4.31. The summed E-state index contributed by atoms with van der Waals surface area (Å²) < 4.78 is 15.8. The zero-order valence-corrected chi connectivity index (χ0v) is 17.2. The minimum Gasteiger partial charge on any atom is -0.497 e. The Balaban J connectivity index is 1.85. The fourth-order valence-corrected chi connectivity index (χ4v) is 2.78. The largest absolute Gasteiger partial charge is 0.497 e. The van der Waals surface area contributed by atoms with E-state index in [4.69, 9.17) is 14.2 Å². The number of methoxy groups -OCH3 is 3. The molecule has 6 nitrogen and oxygen atoms in total. The molecule has 2 aromatic carbocycles. The van der Waals surface area contributed by atoms with Gasteiger partial charge in [-0.2, -0.15) is 0 Å². The molecule has 0 saturated carbocycles. The van der Waals surface area contributed by atoms with Gasteiger partial charge in [-0.05, 0) is 55.2 Å². The molecular weight excluding hydrogens is 354 g/mol. The lowest BCUT2D eigenvalue weighted by Gasteiger charge is -2.12. The van der Waals surface area contributed by atoms with Crippen molar-refractivity contribution < 1.29 is 14.2 Å². The van der Waals surface area contributed by atoms with Crippen molar-refractivity contribution in [2.45, 2.75) is 26.3 Å². The first-order valence-electron chi connectivity index (χ1n) is 9.56. The highest BCUT2D eigenvalue weighted by Crippen LogP contribution is 2.27. The molecule has 2 N–H and O–H groups in total. The minimum absolute atomic E-state index is 0.564. The van der Waals surface area contributed by atoms with Crippen LogP contribution in [0.5, 0.6) is 17.2 Å². The first-order valence-corrected chi connectivity index (χ1v) is 9.56. The summed E-state index contributed by atoms with van der Waals surface area (Å²) in [6.45, 7) is 4.29. The smallest absolute Gasteiger partial charge is 0.191 e. The molecular formula is C22H31N3O3.